The lowest BCUT2D eigenvalue weighted by Gasteiger charge is -2.13. The Balaban J connectivity index is 1.74. The zero-order valence-electron chi connectivity index (χ0n) is 14.9. The van der Waals surface area contributed by atoms with Gasteiger partial charge in [0.25, 0.3) is 5.91 Å². The molecular weight excluding hydrogens is 381 g/mol. The molecule has 0 unspecified atom stereocenters. The Labute approximate surface area is 166 Å². The summed E-state index contributed by atoms with van der Waals surface area (Å²) in [6, 6.07) is 17.6. The fourth-order valence-electron chi connectivity index (χ4n) is 2.55. The summed E-state index contributed by atoms with van der Waals surface area (Å²) >= 11 is 5.94. The third kappa shape index (κ3) is 4.66. The molecule has 0 spiro atoms. The topological polar surface area (TPSA) is 70.2 Å². The molecule has 0 saturated heterocycles. The largest absolute Gasteiger partial charge is 0.323 e. The average Bonchev–Trinajstić information content (AvgIpc) is 2.65. The molecule has 3 aromatic rings. The Hall–Kier alpha value is -3.38. The van der Waals surface area contributed by atoms with E-state index in [1.54, 1.807) is 37.3 Å². The van der Waals surface area contributed by atoms with Crippen molar-refractivity contribution in [1.82, 2.24) is 0 Å². The van der Waals surface area contributed by atoms with E-state index in [2.05, 4.69) is 16.0 Å². The van der Waals surface area contributed by atoms with E-state index in [9.17, 15) is 14.0 Å². The second-order valence-corrected chi connectivity index (χ2v) is 6.43. The number of aryl methyl sites for hydroxylation is 1. The van der Waals surface area contributed by atoms with Gasteiger partial charge in [-0.05, 0) is 48.9 Å². The number of halogens is 2. The van der Waals surface area contributed by atoms with Gasteiger partial charge in [-0.3, -0.25) is 4.79 Å². The van der Waals surface area contributed by atoms with Crippen LogP contribution in [0.15, 0.2) is 66.7 Å². The molecule has 0 atom stereocenters. The predicted octanol–water partition coefficient (Wildman–Crippen LogP) is 5.68. The molecule has 0 radical (unpaired) electrons. The van der Waals surface area contributed by atoms with Crippen LogP contribution < -0.4 is 16.0 Å². The van der Waals surface area contributed by atoms with Gasteiger partial charge in [0.05, 0.1) is 10.6 Å². The summed E-state index contributed by atoms with van der Waals surface area (Å²) in [5, 5.41) is 8.05. The van der Waals surface area contributed by atoms with E-state index in [1.807, 2.05) is 18.2 Å². The Morgan fingerprint density at radius 2 is 1.57 bits per heavy atom. The van der Waals surface area contributed by atoms with Gasteiger partial charge in [-0.25, -0.2) is 9.18 Å². The standard InChI is InChI=1S/C21H17ClFN3O2/c1-13-10-11-15(25-21(28)24-14-6-3-2-4-7-14)12-18(13)26-20(27)19-16(22)8-5-9-17(19)23/h2-12H,1H3,(H,26,27)(H2,24,25,28). The highest BCUT2D eigenvalue weighted by atomic mass is 35.5. The maximum absolute atomic E-state index is 14.0. The Kier molecular flexibility index (Phi) is 5.91. The lowest BCUT2D eigenvalue weighted by molar-refractivity contribution is 0.102. The molecule has 28 heavy (non-hydrogen) atoms. The van der Waals surface area contributed by atoms with E-state index in [1.165, 1.54) is 18.2 Å². The lowest BCUT2D eigenvalue weighted by Crippen LogP contribution is -2.20. The maximum Gasteiger partial charge on any atom is 0.323 e. The monoisotopic (exact) mass is 397 g/mol. The SMILES string of the molecule is Cc1ccc(NC(=O)Nc2ccccc2)cc1NC(=O)c1c(F)cccc1Cl. The fourth-order valence-corrected chi connectivity index (χ4v) is 2.80. The van der Waals surface area contributed by atoms with Crippen LogP contribution >= 0.6 is 11.6 Å². The van der Waals surface area contributed by atoms with Crippen LogP contribution in [0, 0.1) is 12.7 Å². The molecule has 142 valence electrons. The van der Waals surface area contributed by atoms with Crippen LogP contribution in [-0.2, 0) is 0 Å². The minimum Gasteiger partial charge on any atom is -0.322 e. The van der Waals surface area contributed by atoms with E-state index >= 15 is 0 Å². The van der Waals surface area contributed by atoms with Crippen molar-refractivity contribution >= 4 is 40.6 Å². The summed E-state index contributed by atoms with van der Waals surface area (Å²) in [5.41, 5.74) is 2.06. The van der Waals surface area contributed by atoms with Crippen LogP contribution in [0.4, 0.5) is 26.2 Å². The molecule has 5 nitrogen and oxygen atoms in total. The minimum absolute atomic E-state index is 0.0201. The van der Waals surface area contributed by atoms with Crippen molar-refractivity contribution in [2.24, 2.45) is 0 Å². The molecule has 7 heteroatoms. The number of para-hydroxylation sites is 1. The molecule has 0 fully saturated rings. The van der Waals surface area contributed by atoms with Crippen molar-refractivity contribution < 1.29 is 14.0 Å². The summed E-state index contributed by atoms with van der Waals surface area (Å²) in [6.45, 7) is 1.78. The molecule has 3 aromatic carbocycles. The second-order valence-electron chi connectivity index (χ2n) is 6.03. The maximum atomic E-state index is 14.0. The Bertz CT molecular complexity index is 1010. The summed E-state index contributed by atoms with van der Waals surface area (Å²) in [7, 11) is 0. The molecule has 0 aliphatic carbocycles. The number of urea groups is 1. The smallest absolute Gasteiger partial charge is 0.322 e. The number of nitrogens with one attached hydrogen (secondary N) is 3. The summed E-state index contributed by atoms with van der Waals surface area (Å²) in [5.74, 6) is -1.38. The van der Waals surface area contributed by atoms with Crippen LogP contribution in [0.5, 0.6) is 0 Å². The normalized spacial score (nSPS) is 10.2. The molecule has 0 heterocycles. The third-order valence-corrected chi connectivity index (χ3v) is 4.28. The first-order valence-corrected chi connectivity index (χ1v) is 8.81. The molecule has 0 bridgehead atoms. The van der Waals surface area contributed by atoms with Crippen LogP contribution in [0.2, 0.25) is 5.02 Å². The first-order valence-electron chi connectivity index (χ1n) is 8.43. The van der Waals surface area contributed by atoms with E-state index < -0.39 is 17.8 Å². The van der Waals surface area contributed by atoms with Crippen molar-refractivity contribution in [3.63, 3.8) is 0 Å². The number of benzene rings is 3. The molecule has 0 aliphatic rings. The van der Waals surface area contributed by atoms with Crippen molar-refractivity contribution in [1.29, 1.82) is 0 Å². The molecule has 0 saturated carbocycles. The minimum atomic E-state index is -0.709. The van der Waals surface area contributed by atoms with Gasteiger partial charge >= 0.3 is 6.03 Å². The van der Waals surface area contributed by atoms with Crippen molar-refractivity contribution in [2.45, 2.75) is 6.92 Å². The van der Waals surface area contributed by atoms with E-state index in [0.717, 1.165) is 5.56 Å². The average molecular weight is 398 g/mol. The third-order valence-electron chi connectivity index (χ3n) is 3.97. The van der Waals surface area contributed by atoms with Crippen LogP contribution in [0.25, 0.3) is 0 Å². The van der Waals surface area contributed by atoms with Gasteiger partial charge in [-0.15, -0.1) is 0 Å². The summed E-state index contributed by atoms with van der Waals surface area (Å²) in [4.78, 5) is 24.6. The molecular formula is C21H17ClFN3O2. The first-order chi connectivity index (χ1) is 13.4. The van der Waals surface area contributed by atoms with Crippen molar-refractivity contribution in [3.05, 3.63) is 88.7 Å². The number of carbonyl (C=O) groups excluding carboxylic acids is 2. The zero-order chi connectivity index (χ0) is 20.1. The molecule has 0 aliphatic heterocycles. The molecule has 3 N–H and O–H groups in total. The van der Waals surface area contributed by atoms with Gasteiger partial charge in [-0.2, -0.15) is 0 Å². The Morgan fingerprint density at radius 3 is 2.29 bits per heavy atom. The zero-order valence-corrected chi connectivity index (χ0v) is 15.7. The van der Waals surface area contributed by atoms with Crippen LogP contribution in [-0.4, -0.2) is 11.9 Å². The van der Waals surface area contributed by atoms with Gasteiger partial charge < -0.3 is 16.0 Å². The Morgan fingerprint density at radius 1 is 0.857 bits per heavy atom. The number of hydrogen-bond acceptors (Lipinski definition) is 2. The van der Waals surface area contributed by atoms with E-state index in [0.29, 0.717) is 17.1 Å². The second kappa shape index (κ2) is 8.54. The van der Waals surface area contributed by atoms with Crippen LogP contribution in [0.3, 0.4) is 0 Å². The number of hydrogen-bond donors (Lipinski definition) is 3. The number of carbonyl (C=O) groups is 2. The van der Waals surface area contributed by atoms with Gasteiger partial charge in [0.2, 0.25) is 0 Å². The number of amides is 3. The highest BCUT2D eigenvalue weighted by Crippen LogP contribution is 2.24. The predicted molar refractivity (Wildman–Crippen MR) is 110 cm³/mol. The van der Waals surface area contributed by atoms with Gasteiger partial charge in [0.15, 0.2) is 0 Å². The van der Waals surface area contributed by atoms with Gasteiger partial charge in [-0.1, -0.05) is 41.9 Å². The summed E-state index contributed by atoms with van der Waals surface area (Å²) < 4.78 is 14.0. The fraction of sp³-hybridized carbons (Fsp3) is 0.0476. The molecule has 3 rings (SSSR count). The quantitative estimate of drug-likeness (QED) is 0.529. The molecule has 3 amide bonds. The first kappa shape index (κ1) is 19.4. The van der Waals surface area contributed by atoms with Crippen molar-refractivity contribution in [2.75, 3.05) is 16.0 Å². The van der Waals surface area contributed by atoms with E-state index in [-0.39, 0.29) is 10.6 Å². The number of anilines is 3. The van der Waals surface area contributed by atoms with Crippen molar-refractivity contribution in [3.8, 4) is 0 Å². The highest BCUT2D eigenvalue weighted by Gasteiger charge is 2.17. The van der Waals surface area contributed by atoms with E-state index in [4.69, 9.17) is 11.6 Å². The molecule has 0 aromatic heterocycles. The van der Waals surface area contributed by atoms with Gasteiger partial charge in [0, 0.05) is 17.1 Å². The summed E-state index contributed by atoms with van der Waals surface area (Å²) in [6.07, 6.45) is 0. The highest BCUT2D eigenvalue weighted by molar-refractivity contribution is 6.34. The number of rotatable bonds is 4. The van der Waals surface area contributed by atoms with Crippen LogP contribution in [0.1, 0.15) is 15.9 Å². The van der Waals surface area contributed by atoms with Gasteiger partial charge in [0.1, 0.15) is 5.82 Å². The lowest BCUT2D eigenvalue weighted by atomic mass is 10.1.